The Bertz CT molecular complexity index is 888. The van der Waals surface area contributed by atoms with E-state index in [4.69, 9.17) is 4.74 Å². The molecule has 2 aromatic carbocycles. The lowest BCUT2D eigenvalue weighted by molar-refractivity contribution is -0.137. The molecule has 0 unspecified atom stereocenters. The monoisotopic (exact) mass is 424 g/mol. The Labute approximate surface area is 184 Å². The molecule has 0 saturated carbocycles. The van der Waals surface area contributed by atoms with Crippen molar-refractivity contribution in [3.63, 3.8) is 0 Å². The molecule has 1 N–H and O–H groups in total. The van der Waals surface area contributed by atoms with Crippen LogP contribution in [0.2, 0.25) is 0 Å². The Morgan fingerprint density at radius 2 is 1.77 bits per heavy atom. The number of benzene rings is 2. The third-order valence-electron chi connectivity index (χ3n) is 6.67. The minimum Gasteiger partial charge on any atom is -0.381 e. The van der Waals surface area contributed by atoms with E-state index in [1.54, 1.807) is 12.1 Å². The first kappa shape index (κ1) is 22.0. The Morgan fingerprint density at radius 3 is 2.48 bits per heavy atom. The molecule has 0 aromatic heterocycles. The summed E-state index contributed by atoms with van der Waals surface area (Å²) in [6.45, 7) is 6.49. The molecular formula is C26H33FN2O2. The second-order valence-corrected chi connectivity index (χ2v) is 9.16. The summed E-state index contributed by atoms with van der Waals surface area (Å²) in [7, 11) is 0. The number of ether oxygens (including phenoxy) is 1. The van der Waals surface area contributed by atoms with Crippen molar-refractivity contribution in [3.8, 4) is 11.1 Å². The number of nitrogens with zero attached hydrogens (tertiary/aromatic N) is 1. The summed E-state index contributed by atoms with van der Waals surface area (Å²) in [4.78, 5) is 15.9. The van der Waals surface area contributed by atoms with Crippen molar-refractivity contribution in [1.29, 1.82) is 0 Å². The van der Waals surface area contributed by atoms with Gasteiger partial charge in [0, 0.05) is 25.8 Å². The van der Waals surface area contributed by atoms with Gasteiger partial charge in [0.1, 0.15) is 5.82 Å². The summed E-state index contributed by atoms with van der Waals surface area (Å²) in [5, 5.41) is 3.31. The minimum absolute atomic E-state index is 0.129. The molecule has 2 fully saturated rings. The SMILES string of the molecule is C[C@H](CN1CCCC1)NC(=O)C1(Cc2cccc(-c3cccc(F)c3)c2)CCOCC1. The molecule has 0 radical (unpaired) electrons. The fourth-order valence-electron chi connectivity index (χ4n) is 4.94. The predicted octanol–water partition coefficient (Wildman–Crippen LogP) is 4.43. The third-order valence-corrected chi connectivity index (χ3v) is 6.67. The van der Waals surface area contributed by atoms with Gasteiger partial charge in [-0.05, 0) is 80.9 Å². The van der Waals surface area contributed by atoms with Crippen LogP contribution < -0.4 is 5.32 Å². The first-order valence-electron chi connectivity index (χ1n) is 11.5. The second kappa shape index (κ2) is 9.92. The molecule has 2 aromatic rings. The van der Waals surface area contributed by atoms with Gasteiger partial charge in [-0.3, -0.25) is 4.79 Å². The van der Waals surface area contributed by atoms with Crippen LogP contribution in [0.3, 0.4) is 0 Å². The van der Waals surface area contributed by atoms with Crippen molar-refractivity contribution >= 4 is 5.91 Å². The summed E-state index contributed by atoms with van der Waals surface area (Å²) < 4.78 is 19.3. The Kier molecular flexibility index (Phi) is 7.03. The molecule has 1 atom stereocenters. The normalized spacial score (nSPS) is 19.8. The predicted molar refractivity (Wildman–Crippen MR) is 121 cm³/mol. The van der Waals surface area contributed by atoms with E-state index in [0.717, 1.165) is 49.2 Å². The summed E-state index contributed by atoms with van der Waals surface area (Å²) in [5.41, 5.74) is 2.47. The number of hydrogen-bond donors (Lipinski definition) is 1. The van der Waals surface area contributed by atoms with Crippen LogP contribution in [0.4, 0.5) is 4.39 Å². The molecule has 5 heteroatoms. The average molecular weight is 425 g/mol. The molecule has 2 aliphatic rings. The Hall–Kier alpha value is -2.24. The molecule has 2 heterocycles. The smallest absolute Gasteiger partial charge is 0.226 e. The standard InChI is InChI=1S/C26H33FN2O2/c1-20(19-29-12-2-3-13-29)28-25(30)26(10-14-31-15-11-26)18-21-6-4-7-22(16-21)23-8-5-9-24(27)17-23/h4-9,16-17,20H,2-3,10-15,18-19H2,1H3,(H,28,30)/t20-/m1/s1. The number of rotatable bonds is 7. The lowest BCUT2D eigenvalue weighted by atomic mass is 9.74. The van der Waals surface area contributed by atoms with Crippen LogP contribution in [0.5, 0.6) is 0 Å². The maximum absolute atomic E-state index is 13.7. The first-order chi connectivity index (χ1) is 15.0. The largest absolute Gasteiger partial charge is 0.381 e. The van der Waals surface area contributed by atoms with Crippen LogP contribution in [-0.4, -0.2) is 49.7 Å². The van der Waals surface area contributed by atoms with Gasteiger partial charge in [-0.15, -0.1) is 0 Å². The van der Waals surface area contributed by atoms with Gasteiger partial charge < -0.3 is 15.0 Å². The van der Waals surface area contributed by atoms with Gasteiger partial charge in [-0.2, -0.15) is 0 Å². The number of likely N-dealkylation sites (tertiary alicyclic amines) is 1. The van der Waals surface area contributed by atoms with Gasteiger partial charge in [0.25, 0.3) is 0 Å². The zero-order chi connectivity index (χ0) is 21.7. The summed E-state index contributed by atoms with van der Waals surface area (Å²) in [5.74, 6) is -0.103. The highest BCUT2D eigenvalue weighted by Crippen LogP contribution is 2.36. The maximum Gasteiger partial charge on any atom is 0.226 e. The van der Waals surface area contributed by atoms with Crippen LogP contribution in [-0.2, 0) is 16.0 Å². The molecule has 2 saturated heterocycles. The number of carbonyl (C=O) groups excluding carboxylic acids is 1. The van der Waals surface area contributed by atoms with Crippen LogP contribution in [0, 0.1) is 11.2 Å². The molecule has 0 spiro atoms. The Morgan fingerprint density at radius 1 is 1.10 bits per heavy atom. The maximum atomic E-state index is 13.7. The van der Waals surface area contributed by atoms with Crippen molar-refractivity contribution in [2.24, 2.45) is 5.41 Å². The quantitative estimate of drug-likeness (QED) is 0.715. The highest BCUT2D eigenvalue weighted by Gasteiger charge is 2.40. The molecular weight excluding hydrogens is 391 g/mol. The van der Waals surface area contributed by atoms with Gasteiger partial charge in [0.05, 0.1) is 5.41 Å². The first-order valence-corrected chi connectivity index (χ1v) is 11.5. The van der Waals surface area contributed by atoms with E-state index in [2.05, 4.69) is 29.3 Å². The lowest BCUT2D eigenvalue weighted by Crippen LogP contribution is -2.51. The van der Waals surface area contributed by atoms with E-state index in [1.807, 2.05) is 18.2 Å². The molecule has 166 valence electrons. The van der Waals surface area contributed by atoms with Crippen LogP contribution in [0.1, 0.15) is 38.2 Å². The van der Waals surface area contributed by atoms with E-state index in [0.29, 0.717) is 19.6 Å². The molecule has 2 aliphatic heterocycles. The summed E-state index contributed by atoms with van der Waals surface area (Å²) in [6.07, 6.45) is 4.62. The zero-order valence-corrected chi connectivity index (χ0v) is 18.4. The van der Waals surface area contributed by atoms with E-state index < -0.39 is 5.41 Å². The second-order valence-electron chi connectivity index (χ2n) is 9.16. The molecule has 0 aliphatic carbocycles. The minimum atomic E-state index is -0.460. The fourth-order valence-corrected chi connectivity index (χ4v) is 4.94. The van der Waals surface area contributed by atoms with Crippen molar-refractivity contribution in [2.45, 2.75) is 45.1 Å². The van der Waals surface area contributed by atoms with Gasteiger partial charge in [-0.25, -0.2) is 4.39 Å². The Balaban J connectivity index is 1.50. The number of carbonyl (C=O) groups is 1. The highest BCUT2D eigenvalue weighted by molar-refractivity contribution is 5.83. The number of nitrogens with one attached hydrogen (secondary N) is 1. The van der Waals surface area contributed by atoms with Crippen LogP contribution >= 0.6 is 0 Å². The van der Waals surface area contributed by atoms with Crippen molar-refractivity contribution in [1.82, 2.24) is 10.2 Å². The number of halogens is 1. The van der Waals surface area contributed by atoms with Crippen molar-refractivity contribution < 1.29 is 13.9 Å². The average Bonchev–Trinajstić information content (AvgIpc) is 3.27. The van der Waals surface area contributed by atoms with E-state index >= 15 is 0 Å². The van der Waals surface area contributed by atoms with E-state index in [-0.39, 0.29) is 17.8 Å². The highest BCUT2D eigenvalue weighted by atomic mass is 19.1. The van der Waals surface area contributed by atoms with E-state index in [9.17, 15) is 9.18 Å². The van der Waals surface area contributed by atoms with E-state index in [1.165, 1.54) is 18.9 Å². The van der Waals surface area contributed by atoms with Gasteiger partial charge >= 0.3 is 0 Å². The fraction of sp³-hybridized carbons (Fsp3) is 0.500. The third kappa shape index (κ3) is 5.52. The van der Waals surface area contributed by atoms with Gasteiger partial charge in [0.15, 0.2) is 0 Å². The molecule has 31 heavy (non-hydrogen) atoms. The number of amides is 1. The van der Waals surface area contributed by atoms with Crippen molar-refractivity contribution in [3.05, 3.63) is 59.9 Å². The molecule has 0 bridgehead atoms. The topological polar surface area (TPSA) is 41.6 Å². The van der Waals surface area contributed by atoms with Gasteiger partial charge in [-0.1, -0.05) is 36.4 Å². The molecule has 4 rings (SSSR count). The van der Waals surface area contributed by atoms with Crippen LogP contribution in [0.15, 0.2) is 48.5 Å². The number of hydrogen-bond acceptors (Lipinski definition) is 3. The molecule has 1 amide bonds. The van der Waals surface area contributed by atoms with Gasteiger partial charge in [0.2, 0.25) is 5.91 Å². The molecule has 4 nitrogen and oxygen atoms in total. The zero-order valence-electron chi connectivity index (χ0n) is 18.4. The summed E-state index contributed by atoms with van der Waals surface area (Å²) >= 11 is 0. The lowest BCUT2D eigenvalue weighted by Gasteiger charge is -2.37. The summed E-state index contributed by atoms with van der Waals surface area (Å²) in [6, 6.07) is 14.9. The van der Waals surface area contributed by atoms with Crippen molar-refractivity contribution in [2.75, 3.05) is 32.8 Å². The van der Waals surface area contributed by atoms with Crippen LogP contribution in [0.25, 0.3) is 11.1 Å².